The van der Waals surface area contributed by atoms with Crippen LogP contribution in [0, 0.1) is 0 Å². The van der Waals surface area contributed by atoms with E-state index in [0.29, 0.717) is 29.2 Å². The zero-order valence-corrected chi connectivity index (χ0v) is 15.5. The number of sulfonamides is 1. The molecule has 1 aliphatic rings. The van der Waals surface area contributed by atoms with Crippen molar-refractivity contribution in [1.29, 1.82) is 0 Å². The van der Waals surface area contributed by atoms with E-state index in [1.54, 1.807) is 19.2 Å². The van der Waals surface area contributed by atoms with Crippen LogP contribution in [0.3, 0.4) is 0 Å². The summed E-state index contributed by atoms with van der Waals surface area (Å²) in [7, 11) is -1.88. The van der Waals surface area contributed by atoms with Crippen LogP contribution in [-0.2, 0) is 10.0 Å². The first-order valence-corrected chi connectivity index (χ1v) is 9.33. The third kappa shape index (κ3) is 3.37. The van der Waals surface area contributed by atoms with Crippen molar-refractivity contribution in [3.63, 3.8) is 0 Å². The van der Waals surface area contributed by atoms with E-state index in [9.17, 15) is 8.42 Å². The molecule has 1 aliphatic heterocycles. The van der Waals surface area contributed by atoms with Crippen LogP contribution < -0.4 is 10.1 Å². The highest BCUT2D eigenvalue weighted by molar-refractivity contribution is 7.89. The summed E-state index contributed by atoms with van der Waals surface area (Å²) in [5, 5.41) is 4.75. The maximum atomic E-state index is 13.1. The van der Waals surface area contributed by atoms with Gasteiger partial charge in [0.25, 0.3) is 0 Å². The van der Waals surface area contributed by atoms with Crippen molar-refractivity contribution in [3.05, 3.63) is 36.4 Å². The fraction of sp³-hybridized carbons (Fsp3) is 0.412. The van der Waals surface area contributed by atoms with E-state index in [1.807, 2.05) is 31.2 Å². The van der Waals surface area contributed by atoms with Crippen molar-refractivity contribution in [3.8, 4) is 5.75 Å². The van der Waals surface area contributed by atoms with Gasteiger partial charge in [-0.2, -0.15) is 4.31 Å². The predicted octanol–water partition coefficient (Wildman–Crippen LogP) is 2.64. The highest BCUT2D eigenvalue weighted by atomic mass is 35.5. The van der Waals surface area contributed by atoms with Crippen LogP contribution in [0.25, 0.3) is 10.8 Å². The average Bonchev–Trinajstić information content (AvgIpc) is 3.08. The van der Waals surface area contributed by atoms with E-state index >= 15 is 0 Å². The van der Waals surface area contributed by atoms with Crippen LogP contribution in [0.1, 0.15) is 13.3 Å². The number of hydrogen-bond acceptors (Lipinski definition) is 4. The van der Waals surface area contributed by atoms with Crippen LogP contribution in [0.5, 0.6) is 5.75 Å². The summed E-state index contributed by atoms with van der Waals surface area (Å²) in [5.41, 5.74) is 0. The van der Waals surface area contributed by atoms with E-state index in [-0.39, 0.29) is 18.4 Å². The number of fused-ring (bicyclic) bond motifs is 1. The lowest BCUT2D eigenvalue weighted by molar-refractivity contribution is 0.344. The van der Waals surface area contributed by atoms with Gasteiger partial charge in [-0.1, -0.05) is 24.3 Å². The molecule has 0 amide bonds. The Balaban J connectivity index is 0.00000208. The third-order valence-electron chi connectivity index (χ3n) is 4.35. The van der Waals surface area contributed by atoms with Crippen LogP contribution in [0.15, 0.2) is 41.3 Å². The molecule has 2 aromatic rings. The van der Waals surface area contributed by atoms with Gasteiger partial charge < -0.3 is 10.1 Å². The van der Waals surface area contributed by atoms with Crippen molar-refractivity contribution >= 4 is 33.2 Å². The molecule has 132 valence electrons. The zero-order valence-electron chi connectivity index (χ0n) is 13.9. The van der Waals surface area contributed by atoms with Crippen LogP contribution in [-0.4, -0.2) is 45.5 Å². The van der Waals surface area contributed by atoms with Crippen molar-refractivity contribution in [2.75, 3.05) is 26.7 Å². The SMILES string of the molecule is CCOc1ccc(S(=O)(=O)N(C)C2CCNC2)c2ccccc12.Cl. The maximum Gasteiger partial charge on any atom is 0.243 e. The summed E-state index contributed by atoms with van der Waals surface area (Å²) in [6.45, 7) is 4.02. The molecule has 1 atom stereocenters. The molecular formula is C17H23ClN2O3S. The zero-order chi connectivity index (χ0) is 16.4. The van der Waals surface area contributed by atoms with Gasteiger partial charge in [-0.05, 0) is 32.0 Å². The molecule has 1 heterocycles. The number of rotatable bonds is 5. The molecule has 0 radical (unpaired) electrons. The Kier molecular flexibility index (Phi) is 6.09. The second-order valence-electron chi connectivity index (χ2n) is 5.71. The van der Waals surface area contributed by atoms with Crippen molar-refractivity contribution in [2.24, 2.45) is 0 Å². The predicted molar refractivity (Wildman–Crippen MR) is 98.6 cm³/mol. The lowest BCUT2D eigenvalue weighted by Crippen LogP contribution is -2.38. The minimum absolute atomic E-state index is 0. The summed E-state index contributed by atoms with van der Waals surface area (Å²) in [4.78, 5) is 0.339. The first kappa shape index (κ1) is 19.0. The molecule has 3 rings (SSSR count). The Bertz CT molecular complexity index is 805. The summed E-state index contributed by atoms with van der Waals surface area (Å²) in [5.74, 6) is 0.715. The Labute approximate surface area is 149 Å². The molecule has 0 bridgehead atoms. The van der Waals surface area contributed by atoms with Gasteiger partial charge in [-0.25, -0.2) is 8.42 Å². The molecule has 7 heteroatoms. The number of ether oxygens (including phenoxy) is 1. The van der Waals surface area contributed by atoms with E-state index in [0.717, 1.165) is 18.4 Å². The van der Waals surface area contributed by atoms with Gasteiger partial charge in [-0.3, -0.25) is 0 Å². The minimum atomic E-state index is -3.54. The van der Waals surface area contributed by atoms with Gasteiger partial charge in [0.2, 0.25) is 10.0 Å². The lowest BCUT2D eigenvalue weighted by Gasteiger charge is -2.24. The van der Waals surface area contributed by atoms with Crippen LogP contribution in [0.2, 0.25) is 0 Å². The summed E-state index contributed by atoms with van der Waals surface area (Å²) in [6, 6.07) is 10.9. The Morgan fingerprint density at radius 3 is 2.54 bits per heavy atom. The van der Waals surface area contributed by atoms with Crippen molar-refractivity contribution in [2.45, 2.75) is 24.3 Å². The van der Waals surface area contributed by atoms with Gasteiger partial charge in [0.05, 0.1) is 11.5 Å². The Morgan fingerprint density at radius 1 is 1.21 bits per heavy atom. The molecule has 0 saturated carbocycles. The lowest BCUT2D eigenvalue weighted by atomic mass is 10.1. The number of nitrogens with one attached hydrogen (secondary N) is 1. The molecule has 1 fully saturated rings. The highest BCUT2D eigenvalue weighted by Crippen LogP contribution is 2.33. The second-order valence-corrected chi connectivity index (χ2v) is 7.67. The van der Waals surface area contributed by atoms with Crippen molar-refractivity contribution in [1.82, 2.24) is 9.62 Å². The monoisotopic (exact) mass is 370 g/mol. The van der Waals surface area contributed by atoms with Gasteiger partial charge in [-0.15, -0.1) is 12.4 Å². The largest absolute Gasteiger partial charge is 0.493 e. The van der Waals surface area contributed by atoms with Gasteiger partial charge >= 0.3 is 0 Å². The summed E-state index contributed by atoms with van der Waals surface area (Å²) in [6.07, 6.45) is 0.838. The molecular weight excluding hydrogens is 348 g/mol. The third-order valence-corrected chi connectivity index (χ3v) is 6.32. The quantitative estimate of drug-likeness (QED) is 0.879. The summed E-state index contributed by atoms with van der Waals surface area (Å²) < 4.78 is 33.2. The molecule has 1 N–H and O–H groups in total. The maximum absolute atomic E-state index is 13.1. The van der Waals surface area contributed by atoms with E-state index in [4.69, 9.17) is 4.74 Å². The fourth-order valence-electron chi connectivity index (χ4n) is 3.05. The number of likely N-dealkylation sites (N-methyl/N-ethyl adjacent to an activating group) is 1. The van der Waals surface area contributed by atoms with Gasteiger partial charge in [0, 0.05) is 30.4 Å². The molecule has 1 saturated heterocycles. The van der Waals surface area contributed by atoms with E-state index < -0.39 is 10.0 Å². The molecule has 2 aromatic carbocycles. The number of benzene rings is 2. The molecule has 0 aliphatic carbocycles. The highest BCUT2D eigenvalue weighted by Gasteiger charge is 2.31. The first-order valence-electron chi connectivity index (χ1n) is 7.89. The average molecular weight is 371 g/mol. The molecule has 0 spiro atoms. The molecule has 5 nitrogen and oxygen atoms in total. The molecule has 0 aromatic heterocycles. The van der Waals surface area contributed by atoms with E-state index in [2.05, 4.69) is 5.32 Å². The Morgan fingerprint density at radius 2 is 1.92 bits per heavy atom. The first-order chi connectivity index (χ1) is 11.1. The Hall–Kier alpha value is -1.34. The topological polar surface area (TPSA) is 58.6 Å². The molecule has 1 unspecified atom stereocenters. The number of halogens is 1. The normalized spacial score (nSPS) is 17.9. The van der Waals surface area contributed by atoms with Gasteiger partial charge in [0.15, 0.2) is 0 Å². The molecule has 24 heavy (non-hydrogen) atoms. The van der Waals surface area contributed by atoms with E-state index in [1.165, 1.54) is 4.31 Å². The number of hydrogen-bond donors (Lipinski definition) is 1. The van der Waals surface area contributed by atoms with Gasteiger partial charge in [0.1, 0.15) is 5.75 Å². The van der Waals surface area contributed by atoms with Crippen LogP contribution in [0.4, 0.5) is 0 Å². The smallest absolute Gasteiger partial charge is 0.243 e. The standard InChI is InChI=1S/C17H22N2O3S.ClH/c1-3-22-16-8-9-17(15-7-5-4-6-14(15)16)23(20,21)19(2)13-10-11-18-12-13;/h4-9,13,18H,3,10-12H2,1-2H3;1H. The number of nitrogens with zero attached hydrogens (tertiary/aromatic N) is 1. The minimum Gasteiger partial charge on any atom is -0.493 e. The fourth-order valence-corrected chi connectivity index (χ4v) is 4.63. The van der Waals surface area contributed by atoms with Crippen molar-refractivity contribution < 1.29 is 13.2 Å². The second kappa shape index (κ2) is 7.70. The van der Waals surface area contributed by atoms with Crippen LogP contribution >= 0.6 is 12.4 Å². The summed E-state index contributed by atoms with van der Waals surface area (Å²) >= 11 is 0.